The van der Waals surface area contributed by atoms with Gasteiger partial charge in [-0.05, 0) is 30.9 Å². The van der Waals surface area contributed by atoms with E-state index in [1.54, 1.807) is 0 Å². The first-order chi connectivity index (χ1) is 7.97. The van der Waals surface area contributed by atoms with Gasteiger partial charge >= 0.3 is 0 Å². The summed E-state index contributed by atoms with van der Waals surface area (Å²) < 4.78 is 28.3. The first-order valence-corrected chi connectivity index (χ1v) is 6.41. The minimum absolute atomic E-state index is 0.612. The molecular formula is C15H20F2. The molecule has 0 unspecified atom stereocenters. The second-order valence-corrected chi connectivity index (χ2v) is 5.35. The van der Waals surface area contributed by atoms with Crippen LogP contribution < -0.4 is 0 Å². The molecule has 1 aliphatic rings. The topological polar surface area (TPSA) is 0 Å². The summed E-state index contributed by atoms with van der Waals surface area (Å²) in [4.78, 5) is 0. The van der Waals surface area contributed by atoms with E-state index in [2.05, 4.69) is 0 Å². The van der Waals surface area contributed by atoms with E-state index in [9.17, 15) is 8.78 Å². The highest BCUT2D eigenvalue weighted by Gasteiger charge is 2.51. The second kappa shape index (κ2) is 4.40. The number of benzene rings is 1. The van der Waals surface area contributed by atoms with Crippen molar-refractivity contribution in [3.05, 3.63) is 35.4 Å². The average Bonchev–Trinajstić information content (AvgIpc) is 2.29. The monoisotopic (exact) mass is 238 g/mol. The van der Waals surface area contributed by atoms with Crippen LogP contribution in [-0.4, -0.2) is 5.92 Å². The third-order valence-corrected chi connectivity index (χ3v) is 4.21. The van der Waals surface area contributed by atoms with Crippen molar-refractivity contribution < 1.29 is 8.78 Å². The maximum atomic E-state index is 14.1. The highest BCUT2D eigenvalue weighted by molar-refractivity contribution is 5.36. The van der Waals surface area contributed by atoms with E-state index in [0.29, 0.717) is 12.8 Å². The minimum atomic E-state index is -2.64. The molecule has 0 aliphatic heterocycles. The van der Waals surface area contributed by atoms with Gasteiger partial charge in [0, 0.05) is 6.92 Å². The molecular weight excluding hydrogens is 218 g/mol. The van der Waals surface area contributed by atoms with Crippen LogP contribution in [0.2, 0.25) is 0 Å². The van der Waals surface area contributed by atoms with Crippen LogP contribution in [-0.2, 0) is 5.41 Å². The van der Waals surface area contributed by atoms with E-state index in [0.717, 1.165) is 37.3 Å². The molecule has 0 radical (unpaired) electrons. The molecule has 2 rings (SSSR count). The molecule has 1 saturated carbocycles. The fourth-order valence-electron chi connectivity index (χ4n) is 3.21. The smallest absolute Gasteiger partial charge is 0.206 e. The first kappa shape index (κ1) is 12.5. The first-order valence-electron chi connectivity index (χ1n) is 6.41. The number of halogens is 2. The van der Waals surface area contributed by atoms with Crippen LogP contribution in [0.15, 0.2) is 24.3 Å². The Labute approximate surface area is 102 Å². The molecule has 2 heteroatoms. The predicted molar refractivity (Wildman–Crippen MR) is 66.6 cm³/mol. The Balaban J connectivity index is 2.51. The van der Waals surface area contributed by atoms with Crippen LogP contribution >= 0.6 is 0 Å². The molecule has 0 spiro atoms. The third kappa shape index (κ3) is 2.10. The highest BCUT2D eigenvalue weighted by Crippen LogP contribution is 2.50. The van der Waals surface area contributed by atoms with Crippen molar-refractivity contribution >= 4 is 0 Å². The maximum absolute atomic E-state index is 14.1. The zero-order valence-electron chi connectivity index (χ0n) is 10.6. The number of alkyl halides is 2. The molecule has 0 aromatic heterocycles. The lowest BCUT2D eigenvalue weighted by Crippen LogP contribution is -2.45. The van der Waals surface area contributed by atoms with Gasteiger partial charge in [0.05, 0.1) is 5.41 Å². The Morgan fingerprint density at radius 2 is 1.65 bits per heavy atom. The van der Waals surface area contributed by atoms with E-state index >= 15 is 0 Å². The van der Waals surface area contributed by atoms with Gasteiger partial charge in [-0.1, -0.05) is 43.5 Å². The van der Waals surface area contributed by atoms with Crippen molar-refractivity contribution in [3.8, 4) is 0 Å². The summed E-state index contributed by atoms with van der Waals surface area (Å²) in [7, 11) is 0. The molecule has 1 fully saturated rings. The number of rotatable bonds is 2. The van der Waals surface area contributed by atoms with Crippen molar-refractivity contribution in [1.29, 1.82) is 0 Å². The maximum Gasteiger partial charge on any atom is 0.254 e. The molecule has 1 aromatic rings. The molecule has 0 heterocycles. The highest BCUT2D eigenvalue weighted by atomic mass is 19.3. The molecule has 1 aromatic carbocycles. The van der Waals surface area contributed by atoms with E-state index < -0.39 is 11.3 Å². The molecule has 0 N–H and O–H groups in total. The SMILES string of the molecule is Cc1ccccc1C1(C(C)(F)F)CCCCC1. The third-order valence-electron chi connectivity index (χ3n) is 4.21. The van der Waals surface area contributed by atoms with Crippen molar-refractivity contribution in [2.75, 3.05) is 0 Å². The number of aryl methyl sites for hydroxylation is 1. The average molecular weight is 238 g/mol. The molecule has 1 aliphatic carbocycles. The fraction of sp³-hybridized carbons (Fsp3) is 0.600. The van der Waals surface area contributed by atoms with Gasteiger partial charge in [-0.3, -0.25) is 0 Å². The summed E-state index contributed by atoms with van der Waals surface area (Å²) in [6.07, 6.45) is 4.14. The summed E-state index contributed by atoms with van der Waals surface area (Å²) in [5.41, 5.74) is 0.916. The predicted octanol–water partition coefficient (Wildman–Crippen LogP) is 4.85. The Bertz CT molecular complexity index is 384. The van der Waals surface area contributed by atoms with Crippen LogP contribution in [0, 0.1) is 6.92 Å². The normalized spacial score (nSPS) is 20.2. The van der Waals surface area contributed by atoms with Crippen molar-refractivity contribution in [2.45, 2.75) is 57.3 Å². The Hall–Kier alpha value is -0.920. The van der Waals surface area contributed by atoms with Crippen LogP contribution in [0.3, 0.4) is 0 Å². The number of hydrogen-bond donors (Lipinski definition) is 0. The zero-order chi connectivity index (χ0) is 12.5. The van der Waals surface area contributed by atoms with Gasteiger partial charge in [0.15, 0.2) is 0 Å². The van der Waals surface area contributed by atoms with Gasteiger partial charge in [-0.15, -0.1) is 0 Å². The molecule has 94 valence electrons. The van der Waals surface area contributed by atoms with Crippen molar-refractivity contribution in [3.63, 3.8) is 0 Å². The van der Waals surface area contributed by atoms with Gasteiger partial charge in [0.25, 0.3) is 5.92 Å². The summed E-state index contributed by atoms with van der Waals surface area (Å²) in [5, 5.41) is 0. The lowest BCUT2D eigenvalue weighted by atomic mass is 9.65. The van der Waals surface area contributed by atoms with Crippen LogP contribution in [0.1, 0.15) is 50.2 Å². The van der Waals surface area contributed by atoms with Crippen molar-refractivity contribution in [2.24, 2.45) is 0 Å². The van der Waals surface area contributed by atoms with Crippen LogP contribution in [0.5, 0.6) is 0 Å². The van der Waals surface area contributed by atoms with E-state index in [1.165, 1.54) is 0 Å². The summed E-state index contributed by atoms with van der Waals surface area (Å²) in [6.45, 7) is 3.03. The van der Waals surface area contributed by atoms with Gasteiger partial charge < -0.3 is 0 Å². The van der Waals surface area contributed by atoms with Gasteiger partial charge in [-0.25, -0.2) is 8.78 Å². The molecule has 17 heavy (non-hydrogen) atoms. The van der Waals surface area contributed by atoms with E-state index in [4.69, 9.17) is 0 Å². The quantitative estimate of drug-likeness (QED) is 0.690. The Kier molecular flexibility index (Phi) is 3.24. The zero-order valence-corrected chi connectivity index (χ0v) is 10.6. The Morgan fingerprint density at radius 3 is 2.18 bits per heavy atom. The standard InChI is InChI=1S/C15H20F2/c1-12-8-4-5-9-13(12)15(14(2,16)17)10-6-3-7-11-15/h4-5,8-9H,3,6-7,10-11H2,1-2H3. The lowest BCUT2D eigenvalue weighted by molar-refractivity contribution is -0.0780. The summed E-state index contributed by atoms with van der Waals surface area (Å²) in [5.74, 6) is -2.64. The summed E-state index contributed by atoms with van der Waals surface area (Å²) >= 11 is 0. The van der Waals surface area contributed by atoms with Gasteiger partial charge in [-0.2, -0.15) is 0 Å². The van der Waals surface area contributed by atoms with Crippen LogP contribution in [0.25, 0.3) is 0 Å². The molecule has 0 bridgehead atoms. The van der Waals surface area contributed by atoms with Gasteiger partial charge in [0.2, 0.25) is 0 Å². The second-order valence-electron chi connectivity index (χ2n) is 5.35. The van der Waals surface area contributed by atoms with E-state index in [1.807, 2.05) is 31.2 Å². The van der Waals surface area contributed by atoms with E-state index in [-0.39, 0.29) is 0 Å². The van der Waals surface area contributed by atoms with Gasteiger partial charge in [0.1, 0.15) is 0 Å². The Morgan fingerprint density at radius 1 is 1.06 bits per heavy atom. The molecule has 0 atom stereocenters. The fourth-order valence-corrected chi connectivity index (χ4v) is 3.21. The molecule has 0 saturated heterocycles. The summed E-state index contributed by atoms with van der Waals surface area (Å²) in [6, 6.07) is 7.63. The molecule has 0 nitrogen and oxygen atoms in total. The largest absolute Gasteiger partial charge is 0.254 e. The lowest BCUT2D eigenvalue weighted by Gasteiger charge is -2.43. The van der Waals surface area contributed by atoms with Crippen molar-refractivity contribution in [1.82, 2.24) is 0 Å². The minimum Gasteiger partial charge on any atom is -0.206 e. The van der Waals surface area contributed by atoms with Crippen LogP contribution in [0.4, 0.5) is 8.78 Å². The molecule has 0 amide bonds. The number of hydrogen-bond acceptors (Lipinski definition) is 0.